The lowest BCUT2D eigenvalue weighted by atomic mass is 10.3. The molecule has 10 nitrogen and oxygen atoms in total. The van der Waals surface area contributed by atoms with Crippen molar-refractivity contribution in [2.75, 3.05) is 5.32 Å². The number of carbonyl (C=O) groups is 1. The molecule has 16 heavy (non-hydrogen) atoms. The van der Waals surface area contributed by atoms with Gasteiger partial charge >= 0.3 is 0 Å². The number of carboxylic acids is 1. The first-order valence-electron chi connectivity index (χ1n) is 4.21. The standard InChI is InChI=1S/C6H7N7O3/c14-5(15)1-4-6(10-16-9-4)7-2-13-3-8-11-12-13/h3H,1-2H2,(H,7,10)(H,14,15)/p-1. The Morgan fingerprint density at radius 2 is 2.44 bits per heavy atom. The van der Waals surface area contributed by atoms with Gasteiger partial charge in [0, 0.05) is 12.4 Å². The van der Waals surface area contributed by atoms with Crippen LogP contribution in [0.15, 0.2) is 11.0 Å². The van der Waals surface area contributed by atoms with Crippen LogP contribution in [-0.4, -0.2) is 36.5 Å². The topological polar surface area (TPSA) is 135 Å². The van der Waals surface area contributed by atoms with Crippen molar-refractivity contribution >= 4 is 11.8 Å². The Bertz CT molecular complexity index is 464. The Morgan fingerprint density at radius 3 is 3.12 bits per heavy atom. The minimum atomic E-state index is -1.26. The summed E-state index contributed by atoms with van der Waals surface area (Å²) >= 11 is 0. The van der Waals surface area contributed by atoms with E-state index in [9.17, 15) is 9.90 Å². The second kappa shape index (κ2) is 4.33. The highest BCUT2D eigenvalue weighted by Gasteiger charge is 2.09. The zero-order valence-electron chi connectivity index (χ0n) is 7.90. The summed E-state index contributed by atoms with van der Waals surface area (Å²) in [5, 5.41) is 30.5. The van der Waals surface area contributed by atoms with Crippen molar-refractivity contribution < 1.29 is 14.5 Å². The van der Waals surface area contributed by atoms with Gasteiger partial charge in [-0.15, -0.1) is 5.10 Å². The van der Waals surface area contributed by atoms with E-state index in [1.54, 1.807) is 0 Å². The van der Waals surface area contributed by atoms with Gasteiger partial charge in [0.25, 0.3) is 0 Å². The molecule has 0 aromatic carbocycles. The monoisotopic (exact) mass is 224 g/mol. The fraction of sp³-hybridized carbons (Fsp3) is 0.333. The quantitative estimate of drug-likeness (QED) is 0.580. The first-order chi connectivity index (χ1) is 7.75. The Labute approximate surface area is 88.2 Å². The molecule has 0 bridgehead atoms. The average molecular weight is 224 g/mol. The molecule has 0 saturated carbocycles. The third kappa shape index (κ3) is 2.29. The fourth-order valence-corrected chi connectivity index (χ4v) is 1.00. The Balaban J connectivity index is 1.99. The number of aromatic nitrogens is 6. The van der Waals surface area contributed by atoms with Crippen LogP contribution in [0, 0.1) is 0 Å². The zero-order chi connectivity index (χ0) is 11.4. The molecule has 2 aromatic rings. The molecule has 2 heterocycles. The predicted molar refractivity (Wildman–Crippen MR) is 44.4 cm³/mol. The molecule has 84 valence electrons. The van der Waals surface area contributed by atoms with Crippen molar-refractivity contribution in [3.63, 3.8) is 0 Å². The van der Waals surface area contributed by atoms with Crippen LogP contribution in [0.2, 0.25) is 0 Å². The minimum Gasteiger partial charge on any atom is -0.550 e. The van der Waals surface area contributed by atoms with E-state index in [0.29, 0.717) is 0 Å². The summed E-state index contributed by atoms with van der Waals surface area (Å²) < 4.78 is 5.79. The molecule has 1 N–H and O–H groups in total. The highest BCUT2D eigenvalue weighted by molar-refractivity contribution is 5.69. The number of nitrogens with one attached hydrogen (secondary N) is 1. The van der Waals surface area contributed by atoms with Gasteiger partial charge < -0.3 is 15.2 Å². The number of rotatable bonds is 5. The van der Waals surface area contributed by atoms with Crippen molar-refractivity contribution in [2.24, 2.45) is 0 Å². The van der Waals surface area contributed by atoms with E-state index >= 15 is 0 Å². The third-order valence-corrected chi connectivity index (χ3v) is 1.67. The maximum Gasteiger partial charge on any atom is 0.195 e. The normalized spacial score (nSPS) is 10.2. The van der Waals surface area contributed by atoms with Crippen molar-refractivity contribution in [2.45, 2.75) is 13.1 Å². The highest BCUT2D eigenvalue weighted by Crippen LogP contribution is 2.09. The van der Waals surface area contributed by atoms with Gasteiger partial charge in [0.2, 0.25) is 0 Å². The van der Waals surface area contributed by atoms with E-state index in [1.807, 2.05) is 0 Å². The molecule has 0 atom stereocenters. The van der Waals surface area contributed by atoms with Gasteiger partial charge in [0.1, 0.15) is 18.7 Å². The van der Waals surface area contributed by atoms with Crippen LogP contribution in [0.1, 0.15) is 5.69 Å². The molecule has 0 unspecified atom stereocenters. The number of aliphatic carboxylic acids is 1. The lowest BCUT2D eigenvalue weighted by Crippen LogP contribution is -2.25. The Kier molecular flexibility index (Phi) is 2.71. The third-order valence-electron chi connectivity index (χ3n) is 1.67. The summed E-state index contributed by atoms with van der Waals surface area (Å²) in [6.45, 7) is 0.223. The molecule has 0 radical (unpaired) electrons. The molecule has 10 heteroatoms. The number of hydrogen-bond acceptors (Lipinski definition) is 9. The van der Waals surface area contributed by atoms with Crippen LogP contribution in [0.3, 0.4) is 0 Å². The summed E-state index contributed by atoms with van der Waals surface area (Å²) in [5.74, 6) is -1.04. The molecule has 0 aliphatic carbocycles. The van der Waals surface area contributed by atoms with Crippen molar-refractivity contribution in [3.05, 3.63) is 12.0 Å². The van der Waals surface area contributed by atoms with E-state index in [0.717, 1.165) is 0 Å². The molecule has 2 rings (SSSR count). The van der Waals surface area contributed by atoms with Gasteiger partial charge in [-0.3, -0.25) is 0 Å². The molecule has 0 amide bonds. The van der Waals surface area contributed by atoms with Crippen LogP contribution in [-0.2, 0) is 17.9 Å². The molecule has 0 saturated heterocycles. The average Bonchev–Trinajstić information content (AvgIpc) is 2.84. The van der Waals surface area contributed by atoms with Gasteiger partial charge in [-0.2, -0.15) is 0 Å². The van der Waals surface area contributed by atoms with E-state index in [1.165, 1.54) is 11.0 Å². The maximum absolute atomic E-state index is 10.4. The number of nitrogens with zero attached hydrogens (tertiary/aromatic N) is 6. The van der Waals surface area contributed by atoms with Crippen molar-refractivity contribution in [1.82, 2.24) is 30.5 Å². The first kappa shape index (κ1) is 10.0. The molecule has 0 spiro atoms. The van der Waals surface area contributed by atoms with Crippen LogP contribution in [0.4, 0.5) is 5.82 Å². The Morgan fingerprint density at radius 1 is 1.56 bits per heavy atom. The van der Waals surface area contributed by atoms with Crippen molar-refractivity contribution in [1.29, 1.82) is 0 Å². The number of carbonyl (C=O) groups excluding carboxylic acids is 1. The summed E-state index contributed by atoms with van der Waals surface area (Å²) in [6.07, 6.45) is 1.01. The van der Waals surface area contributed by atoms with Crippen LogP contribution < -0.4 is 10.4 Å². The SMILES string of the molecule is O=C([O-])Cc1nonc1NCn1cnnn1. The van der Waals surface area contributed by atoms with Gasteiger partial charge in [0.15, 0.2) is 5.82 Å². The Hall–Kier alpha value is -2.52. The molecular formula is C6H6N7O3-. The van der Waals surface area contributed by atoms with E-state index < -0.39 is 5.97 Å². The van der Waals surface area contributed by atoms with Crippen molar-refractivity contribution in [3.8, 4) is 0 Å². The molecule has 0 fully saturated rings. The molecular weight excluding hydrogens is 218 g/mol. The summed E-state index contributed by atoms with van der Waals surface area (Å²) in [6, 6.07) is 0. The lowest BCUT2D eigenvalue weighted by molar-refractivity contribution is -0.304. The summed E-state index contributed by atoms with van der Waals surface area (Å²) in [5.41, 5.74) is 0.160. The van der Waals surface area contributed by atoms with E-state index in [4.69, 9.17) is 0 Å². The van der Waals surface area contributed by atoms with Gasteiger partial charge in [-0.1, -0.05) is 5.16 Å². The smallest absolute Gasteiger partial charge is 0.195 e. The van der Waals surface area contributed by atoms with Crippen LogP contribution in [0.25, 0.3) is 0 Å². The second-order valence-corrected chi connectivity index (χ2v) is 2.79. The number of tetrazole rings is 1. The van der Waals surface area contributed by atoms with Gasteiger partial charge in [0.05, 0.1) is 0 Å². The fourth-order valence-electron chi connectivity index (χ4n) is 1.00. The zero-order valence-corrected chi connectivity index (χ0v) is 7.90. The minimum absolute atomic E-state index is 0.160. The van der Waals surface area contributed by atoms with Crippen LogP contribution >= 0.6 is 0 Å². The van der Waals surface area contributed by atoms with E-state index in [-0.39, 0.29) is 24.6 Å². The lowest BCUT2D eigenvalue weighted by Gasteiger charge is -2.02. The highest BCUT2D eigenvalue weighted by atomic mass is 16.6. The maximum atomic E-state index is 10.4. The second-order valence-electron chi connectivity index (χ2n) is 2.79. The number of anilines is 1. The number of hydrogen-bond donors (Lipinski definition) is 1. The van der Waals surface area contributed by atoms with Gasteiger partial charge in [-0.05, 0) is 15.6 Å². The number of carboxylic acid groups (broad SMARTS) is 1. The molecule has 2 aromatic heterocycles. The first-order valence-corrected chi connectivity index (χ1v) is 4.21. The van der Waals surface area contributed by atoms with Gasteiger partial charge in [-0.25, -0.2) is 9.31 Å². The summed E-state index contributed by atoms with van der Waals surface area (Å²) in [4.78, 5) is 10.4. The van der Waals surface area contributed by atoms with E-state index in [2.05, 4.69) is 35.8 Å². The predicted octanol–water partition coefficient (Wildman–Crippen LogP) is -2.58. The summed E-state index contributed by atoms with van der Waals surface area (Å²) in [7, 11) is 0. The molecule has 0 aliphatic heterocycles. The van der Waals surface area contributed by atoms with Crippen LogP contribution in [0.5, 0.6) is 0 Å². The molecule has 0 aliphatic rings. The largest absolute Gasteiger partial charge is 0.550 e.